The Hall–Kier alpha value is -0.520. The van der Waals surface area contributed by atoms with Crippen molar-refractivity contribution in [2.24, 2.45) is 0 Å². The molecule has 0 rings (SSSR count). The molecule has 0 nitrogen and oxygen atoms in total. The Kier molecular flexibility index (Phi) is 5.07. The van der Waals surface area contributed by atoms with Gasteiger partial charge < -0.3 is 0 Å². The van der Waals surface area contributed by atoms with E-state index in [2.05, 4.69) is 19.9 Å². The minimum atomic E-state index is 1.10. The smallest absolute Gasteiger partial charge is 0.0313 e. The highest BCUT2D eigenvalue weighted by atomic mass is 13.6. The first kappa shape index (κ1) is 6.48. The van der Waals surface area contributed by atoms with Crippen LogP contribution >= 0.6 is 0 Å². The average molecular weight is 95.2 g/mol. The fourth-order valence-electron chi connectivity index (χ4n) is 0.293. The lowest BCUT2D eigenvalue weighted by Crippen LogP contribution is -1.48. The third-order valence-corrected chi connectivity index (χ3v) is 0.619. The quantitative estimate of drug-likeness (QED) is 0.462. The molecule has 0 fully saturated rings. The summed E-state index contributed by atoms with van der Waals surface area (Å²) in [6, 6.07) is 0. The van der Waals surface area contributed by atoms with Gasteiger partial charge >= 0.3 is 0 Å². The minimum Gasteiger partial charge on any atom is -0.0848 e. The molecule has 0 unspecified atom stereocenters. The molecule has 0 saturated heterocycles. The first-order chi connectivity index (χ1) is 3.41. The van der Waals surface area contributed by atoms with Crippen LogP contribution in [0, 0.1) is 6.92 Å². The Morgan fingerprint density at radius 2 is 2.14 bits per heavy atom. The lowest BCUT2D eigenvalue weighted by atomic mass is 10.4. The second-order valence-corrected chi connectivity index (χ2v) is 1.26. The Morgan fingerprint density at radius 1 is 1.43 bits per heavy atom. The summed E-state index contributed by atoms with van der Waals surface area (Å²) < 4.78 is 0. The second kappa shape index (κ2) is 5.48. The van der Waals surface area contributed by atoms with Gasteiger partial charge in [0.1, 0.15) is 0 Å². The van der Waals surface area contributed by atoms with Crippen LogP contribution in [0.4, 0.5) is 0 Å². The molecule has 0 N–H and O–H groups in total. The summed E-state index contributed by atoms with van der Waals surface area (Å²) in [5, 5.41) is 0. The maximum atomic E-state index is 3.53. The van der Waals surface area contributed by atoms with Crippen LogP contribution in [0.1, 0.15) is 13.3 Å². The molecule has 0 heterocycles. The van der Waals surface area contributed by atoms with Crippen LogP contribution in [0.5, 0.6) is 0 Å². The Balaban J connectivity index is 3.09. The Morgan fingerprint density at radius 3 is 2.57 bits per heavy atom. The molecule has 0 amide bonds. The van der Waals surface area contributed by atoms with E-state index in [1.807, 2.05) is 12.2 Å². The van der Waals surface area contributed by atoms with Gasteiger partial charge in [0.05, 0.1) is 0 Å². The second-order valence-electron chi connectivity index (χ2n) is 1.26. The number of allylic oxidation sites excluding steroid dienone is 4. The van der Waals surface area contributed by atoms with E-state index >= 15 is 0 Å². The van der Waals surface area contributed by atoms with Gasteiger partial charge in [-0.05, 0) is 13.3 Å². The zero-order valence-corrected chi connectivity index (χ0v) is 4.72. The summed E-state index contributed by atoms with van der Waals surface area (Å²) in [7, 11) is 0. The minimum absolute atomic E-state index is 1.10. The lowest BCUT2D eigenvalue weighted by Gasteiger charge is -1.70. The highest BCUT2D eigenvalue weighted by Gasteiger charge is 1.57. The molecule has 0 aromatic carbocycles. The topological polar surface area (TPSA) is 0 Å². The summed E-state index contributed by atoms with van der Waals surface area (Å²) in [5.74, 6) is 0. The maximum absolute atomic E-state index is 3.53. The van der Waals surface area contributed by atoms with Gasteiger partial charge in [0.2, 0.25) is 0 Å². The summed E-state index contributed by atoms with van der Waals surface area (Å²) in [4.78, 5) is 0. The molecule has 0 aliphatic carbocycles. The van der Waals surface area contributed by atoms with E-state index in [1.54, 1.807) is 6.08 Å². The summed E-state index contributed by atoms with van der Waals surface area (Å²) in [6.45, 7) is 5.63. The van der Waals surface area contributed by atoms with Gasteiger partial charge in [0, 0.05) is 0 Å². The van der Waals surface area contributed by atoms with Gasteiger partial charge in [0.25, 0.3) is 0 Å². The van der Waals surface area contributed by atoms with Crippen molar-refractivity contribution in [3.05, 3.63) is 31.2 Å². The molecule has 0 aromatic heterocycles. The van der Waals surface area contributed by atoms with E-state index in [0.29, 0.717) is 0 Å². The molecule has 1 radical (unpaired) electrons. The lowest BCUT2D eigenvalue weighted by molar-refractivity contribution is 1.22. The number of hydrogen-bond donors (Lipinski definition) is 0. The van der Waals surface area contributed by atoms with Gasteiger partial charge in [-0.1, -0.05) is 31.2 Å². The fraction of sp³-hybridized carbons (Fsp3) is 0.286. The molecule has 0 aliphatic heterocycles. The third kappa shape index (κ3) is 5.48. The molecule has 0 atom stereocenters. The zero-order valence-electron chi connectivity index (χ0n) is 4.72. The van der Waals surface area contributed by atoms with Crippen LogP contribution in [0.2, 0.25) is 0 Å². The van der Waals surface area contributed by atoms with Crippen molar-refractivity contribution in [2.75, 3.05) is 0 Å². The Bertz CT molecular complexity index is 68.1. The van der Waals surface area contributed by atoms with E-state index in [9.17, 15) is 0 Å². The van der Waals surface area contributed by atoms with E-state index in [4.69, 9.17) is 0 Å². The molecule has 0 spiro atoms. The van der Waals surface area contributed by atoms with E-state index < -0.39 is 0 Å². The monoisotopic (exact) mass is 95.1 g/mol. The molecule has 0 aliphatic rings. The van der Waals surface area contributed by atoms with Crippen LogP contribution < -0.4 is 0 Å². The number of hydrogen-bond acceptors (Lipinski definition) is 0. The SMILES string of the molecule is [CH2]C=CC=CCC. The van der Waals surface area contributed by atoms with Crippen LogP contribution in [-0.2, 0) is 0 Å². The van der Waals surface area contributed by atoms with Crippen LogP contribution in [0.3, 0.4) is 0 Å². The molecule has 7 heavy (non-hydrogen) atoms. The molecule has 0 heteroatoms. The van der Waals surface area contributed by atoms with Crippen LogP contribution in [0.15, 0.2) is 24.3 Å². The van der Waals surface area contributed by atoms with E-state index in [0.717, 1.165) is 6.42 Å². The zero-order chi connectivity index (χ0) is 5.54. The summed E-state index contributed by atoms with van der Waals surface area (Å²) in [6.07, 6.45) is 8.87. The molecule has 0 aromatic rings. The average Bonchev–Trinajstić information content (AvgIpc) is 1.69. The van der Waals surface area contributed by atoms with Gasteiger partial charge in [-0.15, -0.1) is 0 Å². The highest BCUT2D eigenvalue weighted by Crippen LogP contribution is 1.79. The van der Waals surface area contributed by atoms with Gasteiger partial charge in [-0.3, -0.25) is 0 Å². The molecular formula is C7H11. The van der Waals surface area contributed by atoms with Crippen molar-refractivity contribution in [3.8, 4) is 0 Å². The molecular weight excluding hydrogens is 84.1 g/mol. The van der Waals surface area contributed by atoms with Gasteiger partial charge in [-0.2, -0.15) is 0 Å². The maximum Gasteiger partial charge on any atom is -0.0313 e. The first-order valence-electron chi connectivity index (χ1n) is 2.52. The van der Waals surface area contributed by atoms with Crippen molar-refractivity contribution in [3.63, 3.8) is 0 Å². The van der Waals surface area contributed by atoms with E-state index in [-0.39, 0.29) is 0 Å². The first-order valence-corrected chi connectivity index (χ1v) is 2.52. The van der Waals surface area contributed by atoms with Crippen molar-refractivity contribution >= 4 is 0 Å². The van der Waals surface area contributed by atoms with Crippen LogP contribution in [-0.4, -0.2) is 0 Å². The standard InChI is InChI=1S/C7H11/c1-3-5-7-6-4-2/h3,5-7H,1,4H2,2H3. The van der Waals surface area contributed by atoms with Crippen molar-refractivity contribution in [1.82, 2.24) is 0 Å². The summed E-state index contributed by atoms with van der Waals surface area (Å²) in [5.41, 5.74) is 0. The third-order valence-electron chi connectivity index (χ3n) is 0.619. The fourth-order valence-corrected chi connectivity index (χ4v) is 0.293. The van der Waals surface area contributed by atoms with Gasteiger partial charge in [0.15, 0.2) is 0 Å². The van der Waals surface area contributed by atoms with Crippen molar-refractivity contribution in [1.29, 1.82) is 0 Å². The summed E-state index contributed by atoms with van der Waals surface area (Å²) >= 11 is 0. The normalized spacial score (nSPS) is 11.7. The van der Waals surface area contributed by atoms with E-state index in [1.165, 1.54) is 0 Å². The van der Waals surface area contributed by atoms with Crippen molar-refractivity contribution in [2.45, 2.75) is 13.3 Å². The molecule has 0 saturated carbocycles. The molecule has 39 valence electrons. The highest BCUT2D eigenvalue weighted by molar-refractivity contribution is 5.02. The largest absolute Gasteiger partial charge is 0.0848 e. The number of rotatable bonds is 2. The molecule has 0 bridgehead atoms. The predicted molar refractivity (Wildman–Crippen MR) is 33.9 cm³/mol. The van der Waals surface area contributed by atoms with Crippen molar-refractivity contribution < 1.29 is 0 Å². The van der Waals surface area contributed by atoms with Crippen LogP contribution in [0.25, 0.3) is 0 Å². The van der Waals surface area contributed by atoms with Gasteiger partial charge in [-0.25, -0.2) is 0 Å². The predicted octanol–water partition coefficient (Wildman–Crippen LogP) is 2.34. The Labute approximate surface area is 45.5 Å².